The number of benzene rings is 1. The maximum atomic E-state index is 12.8. The van der Waals surface area contributed by atoms with Crippen LogP contribution in [-0.2, 0) is 0 Å². The highest BCUT2D eigenvalue weighted by atomic mass is 19.1. The monoisotopic (exact) mass is 242 g/mol. The lowest BCUT2D eigenvalue weighted by Crippen LogP contribution is -2.14. The van der Waals surface area contributed by atoms with E-state index in [2.05, 4.69) is 4.98 Å². The standard InChI is InChI=1S/C13H11FN4/c1-18(11-4-2-10(14)3-5-11)13-12(16)9(8-15)6-7-17-13/h2-7H,16H2,1H3. The van der Waals surface area contributed by atoms with Crippen LogP contribution in [0.3, 0.4) is 0 Å². The Morgan fingerprint density at radius 2 is 1.94 bits per heavy atom. The van der Waals surface area contributed by atoms with Gasteiger partial charge in [-0.2, -0.15) is 5.26 Å². The van der Waals surface area contributed by atoms with Crippen molar-refractivity contribution in [1.29, 1.82) is 5.26 Å². The summed E-state index contributed by atoms with van der Waals surface area (Å²) in [5.41, 5.74) is 7.28. The van der Waals surface area contributed by atoms with Gasteiger partial charge in [-0.1, -0.05) is 0 Å². The molecule has 18 heavy (non-hydrogen) atoms. The molecule has 0 amide bonds. The van der Waals surface area contributed by atoms with Gasteiger partial charge in [0, 0.05) is 18.9 Å². The number of nitrogens with zero attached hydrogens (tertiary/aromatic N) is 3. The molecule has 0 fully saturated rings. The molecule has 90 valence electrons. The van der Waals surface area contributed by atoms with Gasteiger partial charge in [0.25, 0.3) is 0 Å². The predicted octanol–water partition coefficient (Wildman–Crippen LogP) is 2.44. The lowest BCUT2D eigenvalue weighted by atomic mass is 10.2. The highest BCUT2D eigenvalue weighted by Crippen LogP contribution is 2.28. The fourth-order valence-electron chi connectivity index (χ4n) is 1.61. The highest BCUT2D eigenvalue weighted by Gasteiger charge is 2.12. The van der Waals surface area contributed by atoms with Crippen LogP contribution in [0.25, 0.3) is 0 Å². The van der Waals surface area contributed by atoms with Crippen LogP contribution in [0.2, 0.25) is 0 Å². The van der Waals surface area contributed by atoms with Crippen molar-refractivity contribution < 1.29 is 4.39 Å². The summed E-state index contributed by atoms with van der Waals surface area (Å²) >= 11 is 0. The van der Waals surface area contributed by atoms with Gasteiger partial charge in [-0.25, -0.2) is 9.37 Å². The minimum Gasteiger partial charge on any atom is -0.395 e. The van der Waals surface area contributed by atoms with E-state index in [1.54, 1.807) is 30.1 Å². The minimum atomic E-state index is -0.307. The van der Waals surface area contributed by atoms with Gasteiger partial charge in [-0.05, 0) is 30.3 Å². The van der Waals surface area contributed by atoms with Crippen molar-refractivity contribution in [1.82, 2.24) is 4.98 Å². The zero-order chi connectivity index (χ0) is 13.1. The van der Waals surface area contributed by atoms with Gasteiger partial charge in [-0.15, -0.1) is 0 Å². The maximum Gasteiger partial charge on any atom is 0.157 e. The quantitative estimate of drug-likeness (QED) is 0.878. The first-order valence-corrected chi connectivity index (χ1v) is 5.27. The van der Waals surface area contributed by atoms with Crippen molar-refractivity contribution in [3.63, 3.8) is 0 Å². The van der Waals surface area contributed by atoms with Crippen LogP contribution in [0.15, 0.2) is 36.5 Å². The summed E-state index contributed by atoms with van der Waals surface area (Å²) in [5.74, 6) is 0.166. The van der Waals surface area contributed by atoms with Crippen LogP contribution in [0.5, 0.6) is 0 Å². The van der Waals surface area contributed by atoms with E-state index >= 15 is 0 Å². The molecule has 0 aliphatic heterocycles. The Kier molecular flexibility index (Phi) is 3.11. The van der Waals surface area contributed by atoms with E-state index < -0.39 is 0 Å². The number of hydrogen-bond donors (Lipinski definition) is 1. The molecular weight excluding hydrogens is 231 g/mol. The van der Waals surface area contributed by atoms with E-state index in [1.165, 1.54) is 18.3 Å². The number of rotatable bonds is 2. The van der Waals surface area contributed by atoms with Gasteiger partial charge < -0.3 is 10.6 Å². The molecule has 1 heterocycles. The smallest absolute Gasteiger partial charge is 0.157 e. The molecular formula is C13H11FN4. The molecule has 0 saturated heterocycles. The Labute approximate surface area is 104 Å². The van der Waals surface area contributed by atoms with Crippen LogP contribution in [0, 0.1) is 17.1 Å². The van der Waals surface area contributed by atoms with Crippen molar-refractivity contribution in [3.8, 4) is 6.07 Å². The molecule has 1 aromatic carbocycles. The molecule has 0 saturated carbocycles. The van der Waals surface area contributed by atoms with Crippen LogP contribution in [-0.4, -0.2) is 12.0 Å². The van der Waals surface area contributed by atoms with Gasteiger partial charge in [0.15, 0.2) is 5.82 Å². The number of nitrogen functional groups attached to an aromatic ring is 1. The van der Waals surface area contributed by atoms with Crippen molar-refractivity contribution in [2.24, 2.45) is 0 Å². The number of pyridine rings is 1. The van der Waals surface area contributed by atoms with Crippen molar-refractivity contribution in [2.75, 3.05) is 17.7 Å². The summed E-state index contributed by atoms with van der Waals surface area (Å²) in [6.07, 6.45) is 1.52. The van der Waals surface area contributed by atoms with Gasteiger partial charge in [-0.3, -0.25) is 0 Å². The lowest BCUT2D eigenvalue weighted by Gasteiger charge is -2.20. The maximum absolute atomic E-state index is 12.8. The molecule has 2 N–H and O–H groups in total. The average Bonchev–Trinajstić information content (AvgIpc) is 2.39. The van der Waals surface area contributed by atoms with Gasteiger partial charge >= 0.3 is 0 Å². The minimum absolute atomic E-state index is 0.307. The third kappa shape index (κ3) is 2.09. The first-order chi connectivity index (χ1) is 8.63. The highest BCUT2D eigenvalue weighted by molar-refractivity contribution is 5.75. The molecule has 4 nitrogen and oxygen atoms in total. The molecule has 0 radical (unpaired) electrons. The van der Waals surface area contributed by atoms with Crippen LogP contribution >= 0.6 is 0 Å². The van der Waals surface area contributed by atoms with E-state index in [0.29, 0.717) is 17.1 Å². The second-order valence-electron chi connectivity index (χ2n) is 3.74. The summed E-state index contributed by atoms with van der Waals surface area (Å²) in [6.45, 7) is 0. The van der Waals surface area contributed by atoms with Gasteiger partial charge in [0.05, 0.1) is 11.3 Å². The summed E-state index contributed by atoms with van der Waals surface area (Å²) < 4.78 is 12.8. The van der Waals surface area contributed by atoms with Crippen molar-refractivity contribution in [2.45, 2.75) is 0 Å². The zero-order valence-corrected chi connectivity index (χ0v) is 9.76. The second kappa shape index (κ2) is 4.72. The zero-order valence-electron chi connectivity index (χ0n) is 9.76. The molecule has 1 aromatic heterocycles. The average molecular weight is 242 g/mol. The largest absolute Gasteiger partial charge is 0.395 e. The molecule has 2 aromatic rings. The van der Waals surface area contributed by atoms with Crippen LogP contribution < -0.4 is 10.6 Å². The Morgan fingerprint density at radius 3 is 2.56 bits per heavy atom. The number of aromatic nitrogens is 1. The van der Waals surface area contributed by atoms with E-state index in [4.69, 9.17) is 11.0 Å². The third-order valence-corrected chi connectivity index (χ3v) is 2.62. The van der Waals surface area contributed by atoms with Gasteiger partial charge in [0.1, 0.15) is 11.9 Å². The first-order valence-electron chi connectivity index (χ1n) is 5.27. The summed E-state index contributed by atoms with van der Waals surface area (Å²) in [7, 11) is 1.76. The number of nitrogens with two attached hydrogens (primary N) is 1. The molecule has 5 heteroatoms. The van der Waals surface area contributed by atoms with Crippen molar-refractivity contribution in [3.05, 3.63) is 47.9 Å². The predicted molar refractivity (Wildman–Crippen MR) is 67.8 cm³/mol. The molecule has 0 unspecified atom stereocenters. The third-order valence-electron chi connectivity index (χ3n) is 2.62. The number of hydrogen-bond acceptors (Lipinski definition) is 4. The molecule has 0 bridgehead atoms. The summed E-state index contributed by atoms with van der Waals surface area (Å²) in [4.78, 5) is 5.85. The number of nitriles is 1. The molecule has 0 atom stereocenters. The van der Waals surface area contributed by atoms with Crippen LogP contribution in [0.4, 0.5) is 21.6 Å². The number of halogens is 1. The summed E-state index contributed by atoms with van der Waals surface area (Å²) in [5, 5.41) is 8.91. The van der Waals surface area contributed by atoms with Crippen LogP contribution in [0.1, 0.15) is 5.56 Å². The normalized spacial score (nSPS) is 9.83. The SMILES string of the molecule is CN(c1ccc(F)cc1)c1nccc(C#N)c1N. The fourth-order valence-corrected chi connectivity index (χ4v) is 1.61. The fraction of sp³-hybridized carbons (Fsp3) is 0.0769. The molecule has 2 rings (SSSR count). The van der Waals surface area contributed by atoms with E-state index in [-0.39, 0.29) is 5.82 Å². The van der Waals surface area contributed by atoms with E-state index in [0.717, 1.165) is 5.69 Å². The van der Waals surface area contributed by atoms with E-state index in [1.807, 2.05) is 6.07 Å². The second-order valence-corrected chi connectivity index (χ2v) is 3.74. The van der Waals surface area contributed by atoms with Gasteiger partial charge in [0.2, 0.25) is 0 Å². The lowest BCUT2D eigenvalue weighted by molar-refractivity contribution is 0.628. The topological polar surface area (TPSA) is 65.9 Å². The Hall–Kier alpha value is -2.61. The van der Waals surface area contributed by atoms with E-state index in [9.17, 15) is 4.39 Å². The Balaban J connectivity index is 2.43. The molecule has 0 aliphatic rings. The number of anilines is 3. The van der Waals surface area contributed by atoms with Crippen molar-refractivity contribution >= 4 is 17.2 Å². The molecule has 0 aliphatic carbocycles. The Bertz CT molecular complexity index is 601. The molecule has 0 spiro atoms. The first kappa shape index (κ1) is 11.9. The summed E-state index contributed by atoms with van der Waals surface area (Å²) in [6, 6.07) is 9.51. The Morgan fingerprint density at radius 1 is 1.28 bits per heavy atom.